The topological polar surface area (TPSA) is 70.6 Å². The highest BCUT2D eigenvalue weighted by Gasteiger charge is 2.09. The minimum atomic E-state index is -0.521. The molecule has 0 saturated carbocycles. The van der Waals surface area contributed by atoms with E-state index in [1.165, 1.54) is 24.4 Å². The molecule has 2 N–H and O–H groups in total. The van der Waals surface area contributed by atoms with E-state index in [0.717, 1.165) is 0 Å². The maximum absolute atomic E-state index is 11.9. The van der Waals surface area contributed by atoms with Crippen molar-refractivity contribution in [3.8, 4) is 0 Å². The Morgan fingerprint density at radius 3 is 2.28 bits per heavy atom. The van der Waals surface area contributed by atoms with E-state index in [-0.39, 0.29) is 17.1 Å². The minimum absolute atomic E-state index is 0.250. The number of carbonyl (C=O) groups is 2. The van der Waals surface area contributed by atoms with Gasteiger partial charge in [-0.05, 0) is 30.3 Å². The van der Waals surface area contributed by atoms with E-state index in [1.807, 2.05) is 0 Å². The lowest BCUT2D eigenvalue weighted by Gasteiger charge is -2.05. The predicted octanol–water partition coefficient (Wildman–Crippen LogP) is 4.18. The molecule has 2 rings (SSSR count). The van der Waals surface area contributed by atoms with Crippen LogP contribution in [0.2, 0.25) is 20.1 Å². The zero-order valence-electron chi connectivity index (χ0n) is 12.5. The van der Waals surface area contributed by atoms with Gasteiger partial charge >= 0.3 is 0 Å². The summed E-state index contributed by atoms with van der Waals surface area (Å²) in [5.74, 6) is -0.986. The maximum Gasteiger partial charge on any atom is 0.259 e. The summed E-state index contributed by atoms with van der Waals surface area (Å²) in [4.78, 5) is 23.6. The van der Waals surface area contributed by atoms with Crippen molar-refractivity contribution in [2.45, 2.75) is 0 Å². The second kappa shape index (κ2) is 9.06. The molecule has 0 radical (unpaired) electrons. The largest absolute Gasteiger partial charge is 0.343 e. The van der Waals surface area contributed by atoms with Gasteiger partial charge in [0, 0.05) is 11.1 Å². The molecule has 0 aliphatic heterocycles. The summed E-state index contributed by atoms with van der Waals surface area (Å²) in [6.07, 6.45) is 1.32. The van der Waals surface area contributed by atoms with Crippen LogP contribution < -0.4 is 10.7 Å². The number of halogens is 4. The van der Waals surface area contributed by atoms with Crippen LogP contribution in [-0.4, -0.2) is 24.6 Å². The van der Waals surface area contributed by atoms with Crippen LogP contribution in [0.25, 0.3) is 0 Å². The molecular weight excluding hydrogens is 408 g/mol. The fraction of sp³-hybridized carbons (Fsp3) is 0.0625. The lowest BCUT2D eigenvalue weighted by Crippen LogP contribution is -2.34. The molecule has 0 fully saturated rings. The van der Waals surface area contributed by atoms with E-state index in [0.29, 0.717) is 20.6 Å². The molecule has 25 heavy (non-hydrogen) atoms. The van der Waals surface area contributed by atoms with Gasteiger partial charge in [0.15, 0.2) is 0 Å². The van der Waals surface area contributed by atoms with Gasteiger partial charge in [0.05, 0.1) is 32.8 Å². The van der Waals surface area contributed by atoms with Crippen molar-refractivity contribution < 1.29 is 9.59 Å². The number of carbonyl (C=O) groups excluding carboxylic acids is 2. The van der Waals surface area contributed by atoms with E-state index in [9.17, 15) is 9.59 Å². The smallest absolute Gasteiger partial charge is 0.259 e. The standard InChI is InChI=1S/C16H11Cl4N3O2/c17-11-2-1-3-12(18)10(11)7-22-23-15(24)8-21-16(25)9-4-5-13(19)14(20)6-9/h1-7H,8H2,(H,21,25)(H,23,24)/b22-7-. The van der Waals surface area contributed by atoms with Gasteiger partial charge in [-0.1, -0.05) is 52.5 Å². The zero-order valence-corrected chi connectivity index (χ0v) is 15.5. The van der Waals surface area contributed by atoms with Gasteiger partial charge in [-0.25, -0.2) is 5.43 Å². The number of hydrazone groups is 1. The highest BCUT2D eigenvalue weighted by atomic mass is 35.5. The molecule has 0 saturated heterocycles. The van der Waals surface area contributed by atoms with Gasteiger partial charge in [0.25, 0.3) is 11.8 Å². The molecule has 0 unspecified atom stereocenters. The summed E-state index contributed by atoms with van der Waals surface area (Å²) in [6.45, 7) is -0.271. The summed E-state index contributed by atoms with van der Waals surface area (Å²) in [5.41, 5.74) is 3.03. The zero-order chi connectivity index (χ0) is 18.4. The van der Waals surface area contributed by atoms with Crippen molar-refractivity contribution in [3.05, 3.63) is 67.6 Å². The monoisotopic (exact) mass is 417 g/mol. The molecule has 0 bridgehead atoms. The number of hydrogen-bond acceptors (Lipinski definition) is 3. The Morgan fingerprint density at radius 1 is 0.960 bits per heavy atom. The molecule has 2 aromatic rings. The Balaban J connectivity index is 1.87. The molecular formula is C16H11Cl4N3O2. The second-order valence-corrected chi connectivity index (χ2v) is 6.37. The van der Waals surface area contributed by atoms with Gasteiger partial charge < -0.3 is 5.32 Å². The van der Waals surface area contributed by atoms with Crippen LogP contribution in [0.4, 0.5) is 0 Å². The fourth-order valence-electron chi connectivity index (χ4n) is 1.74. The molecule has 0 atom stereocenters. The van der Waals surface area contributed by atoms with Crippen LogP contribution >= 0.6 is 46.4 Å². The Hall–Kier alpha value is -1.79. The van der Waals surface area contributed by atoms with Crippen molar-refractivity contribution in [1.82, 2.24) is 10.7 Å². The van der Waals surface area contributed by atoms with Crippen molar-refractivity contribution in [2.75, 3.05) is 6.54 Å². The molecule has 0 spiro atoms. The van der Waals surface area contributed by atoms with E-state index < -0.39 is 11.8 Å². The van der Waals surface area contributed by atoms with Crippen LogP contribution in [0.1, 0.15) is 15.9 Å². The average Bonchev–Trinajstić information content (AvgIpc) is 2.57. The van der Waals surface area contributed by atoms with Gasteiger partial charge in [-0.3, -0.25) is 9.59 Å². The quantitative estimate of drug-likeness (QED) is 0.564. The third-order valence-corrected chi connectivity index (χ3v) is 4.37. The highest BCUT2D eigenvalue weighted by molar-refractivity contribution is 6.42. The van der Waals surface area contributed by atoms with Gasteiger partial charge in [0.1, 0.15) is 0 Å². The Morgan fingerprint density at radius 2 is 1.64 bits per heavy atom. The second-order valence-electron chi connectivity index (χ2n) is 4.74. The van der Waals surface area contributed by atoms with Crippen LogP contribution in [0.15, 0.2) is 41.5 Å². The fourth-order valence-corrected chi connectivity index (χ4v) is 2.54. The van der Waals surface area contributed by atoms with Crippen molar-refractivity contribution in [3.63, 3.8) is 0 Å². The van der Waals surface area contributed by atoms with Crippen LogP contribution in [0.5, 0.6) is 0 Å². The van der Waals surface area contributed by atoms with Crippen LogP contribution in [0.3, 0.4) is 0 Å². The van der Waals surface area contributed by atoms with E-state index in [2.05, 4.69) is 15.8 Å². The molecule has 2 amide bonds. The third-order valence-electron chi connectivity index (χ3n) is 2.97. The lowest BCUT2D eigenvalue weighted by atomic mass is 10.2. The predicted molar refractivity (Wildman–Crippen MR) is 101 cm³/mol. The molecule has 2 aromatic carbocycles. The third kappa shape index (κ3) is 5.61. The van der Waals surface area contributed by atoms with Crippen molar-refractivity contribution in [1.29, 1.82) is 0 Å². The number of rotatable bonds is 5. The number of amides is 2. The van der Waals surface area contributed by atoms with E-state index in [4.69, 9.17) is 46.4 Å². The van der Waals surface area contributed by atoms with Crippen LogP contribution in [0, 0.1) is 0 Å². The number of hydrogen-bond donors (Lipinski definition) is 2. The average molecular weight is 419 g/mol. The molecule has 0 aliphatic rings. The highest BCUT2D eigenvalue weighted by Crippen LogP contribution is 2.23. The number of nitrogens with zero attached hydrogens (tertiary/aromatic N) is 1. The summed E-state index contributed by atoms with van der Waals surface area (Å²) in [6, 6.07) is 9.39. The molecule has 9 heteroatoms. The number of nitrogens with one attached hydrogen (secondary N) is 2. The van der Waals surface area contributed by atoms with Crippen molar-refractivity contribution in [2.24, 2.45) is 5.10 Å². The molecule has 0 aromatic heterocycles. The SMILES string of the molecule is O=C(CNC(=O)c1ccc(Cl)c(Cl)c1)N/N=C\c1c(Cl)cccc1Cl. The first-order valence-corrected chi connectivity index (χ1v) is 8.39. The van der Waals surface area contributed by atoms with Crippen molar-refractivity contribution >= 4 is 64.4 Å². The first-order chi connectivity index (χ1) is 11.9. The molecule has 130 valence electrons. The molecule has 0 aliphatic carbocycles. The van der Waals surface area contributed by atoms with Gasteiger partial charge in [0.2, 0.25) is 0 Å². The summed E-state index contributed by atoms with van der Waals surface area (Å²) >= 11 is 23.6. The summed E-state index contributed by atoms with van der Waals surface area (Å²) < 4.78 is 0. The lowest BCUT2D eigenvalue weighted by molar-refractivity contribution is -0.120. The Labute approximate surface area is 163 Å². The maximum atomic E-state index is 11.9. The summed E-state index contributed by atoms with van der Waals surface area (Å²) in [7, 11) is 0. The van der Waals surface area contributed by atoms with Gasteiger partial charge in [-0.2, -0.15) is 5.10 Å². The van der Waals surface area contributed by atoms with Gasteiger partial charge in [-0.15, -0.1) is 0 Å². The van der Waals surface area contributed by atoms with E-state index in [1.54, 1.807) is 18.2 Å². The number of benzene rings is 2. The molecule has 5 nitrogen and oxygen atoms in total. The minimum Gasteiger partial charge on any atom is -0.343 e. The van der Waals surface area contributed by atoms with E-state index >= 15 is 0 Å². The Kier molecular flexibility index (Phi) is 7.08. The normalized spacial score (nSPS) is 10.7. The Bertz CT molecular complexity index is 820. The summed E-state index contributed by atoms with van der Waals surface area (Å²) in [5, 5.41) is 7.58. The molecule has 0 heterocycles. The first-order valence-electron chi connectivity index (χ1n) is 6.87. The van der Waals surface area contributed by atoms with Crippen LogP contribution in [-0.2, 0) is 4.79 Å². The first kappa shape index (κ1) is 19.5.